The quantitative estimate of drug-likeness (QED) is 0.862. The minimum Gasteiger partial charge on any atom is -0.369 e. The smallest absolute Gasteiger partial charge is 0.242 e. The van der Waals surface area contributed by atoms with Crippen LogP contribution >= 0.6 is 11.6 Å². The lowest BCUT2D eigenvalue weighted by Gasteiger charge is -2.11. The molecule has 0 unspecified atom stereocenters. The zero-order chi connectivity index (χ0) is 13.1. The van der Waals surface area contributed by atoms with Gasteiger partial charge in [-0.3, -0.25) is 0 Å². The van der Waals surface area contributed by atoms with Crippen molar-refractivity contribution >= 4 is 27.4 Å². The van der Waals surface area contributed by atoms with Gasteiger partial charge in [-0.05, 0) is 26.8 Å². The molecule has 1 rings (SSSR count). The summed E-state index contributed by atoms with van der Waals surface area (Å²) in [6.07, 6.45) is 1.29. The van der Waals surface area contributed by atoms with Gasteiger partial charge in [0, 0.05) is 18.8 Å². The van der Waals surface area contributed by atoms with E-state index in [4.69, 9.17) is 11.6 Å². The van der Waals surface area contributed by atoms with E-state index >= 15 is 0 Å². The molecule has 1 heterocycles. The average Bonchev–Trinajstić information content (AvgIpc) is 2.19. The molecule has 0 saturated carbocycles. The van der Waals surface area contributed by atoms with Gasteiger partial charge in [-0.15, -0.1) is 0 Å². The first kappa shape index (κ1) is 14.2. The van der Waals surface area contributed by atoms with Crippen LogP contribution < -0.4 is 10.0 Å². The van der Waals surface area contributed by atoms with Crippen LogP contribution in [0.1, 0.15) is 20.8 Å². The lowest BCUT2D eigenvalue weighted by atomic mass is 10.4. The van der Waals surface area contributed by atoms with Gasteiger partial charge in [-0.2, -0.15) is 0 Å². The molecule has 0 aliphatic heterocycles. The minimum absolute atomic E-state index is 0.0675. The van der Waals surface area contributed by atoms with E-state index in [9.17, 15) is 8.42 Å². The molecule has 1 aromatic rings. The van der Waals surface area contributed by atoms with Crippen molar-refractivity contribution in [3.8, 4) is 0 Å². The third-order valence-corrected chi connectivity index (χ3v) is 3.78. The third-order valence-electron chi connectivity index (χ3n) is 1.86. The summed E-state index contributed by atoms with van der Waals surface area (Å²) in [5.41, 5.74) is 0. The summed E-state index contributed by atoms with van der Waals surface area (Å²) in [4.78, 5) is 4.05. The predicted octanol–water partition coefficient (Wildman–Crippen LogP) is 1.85. The van der Waals surface area contributed by atoms with Crippen molar-refractivity contribution in [1.82, 2.24) is 9.71 Å². The van der Waals surface area contributed by atoms with Crippen LogP contribution in [0.25, 0.3) is 0 Å². The summed E-state index contributed by atoms with van der Waals surface area (Å²) >= 11 is 5.93. The van der Waals surface area contributed by atoms with Gasteiger partial charge in [-0.1, -0.05) is 11.6 Å². The van der Waals surface area contributed by atoms with Gasteiger partial charge in [0.2, 0.25) is 10.0 Å². The molecule has 1 aromatic heterocycles. The molecule has 17 heavy (non-hydrogen) atoms. The number of halogens is 1. The van der Waals surface area contributed by atoms with Crippen LogP contribution in [0.15, 0.2) is 17.2 Å². The summed E-state index contributed by atoms with van der Waals surface area (Å²) in [6, 6.07) is 1.21. The molecule has 0 aliphatic carbocycles. The first-order chi connectivity index (χ1) is 7.86. The number of anilines is 1. The van der Waals surface area contributed by atoms with E-state index in [2.05, 4.69) is 15.0 Å². The van der Waals surface area contributed by atoms with Crippen LogP contribution in [0.3, 0.4) is 0 Å². The largest absolute Gasteiger partial charge is 0.369 e. The molecule has 0 aromatic carbocycles. The number of nitrogens with one attached hydrogen (secondary N) is 2. The van der Waals surface area contributed by atoms with Crippen molar-refractivity contribution in [2.45, 2.75) is 31.7 Å². The molecule has 0 saturated heterocycles. The van der Waals surface area contributed by atoms with E-state index in [1.54, 1.807) is 13.8 Å². The van der Waals surface area contributed by atoms with Crippen molar-refractivity contribution in [2.24, 2.45) is 0 Å². The Hall–Kier alpha value is -0.850. The van der Waals surface area contributed by atoms with Gasteiger partial charge in [0.15, 0.2) is 0 Å². The molecule has 0 radical (unpaired) electrons. The Balaban J connectivity index is 3.05. The van der Waals surface area contributed by atoms with Gasteiger partial charge in [0.05, 0.1) is 5.02 Å². The van der Waals surface area contributed by atoms with E-state index in [1.807, 2.05) is 6.92 Å². The maximum Gasteiger partial charge on any atom is 0.242 e. The van der Waals surface area contributed by atoms with Gasteiger partial charge < -0.3 is 5.32 Å². The molecule has 96 valence electrons. The maximum atomic E-state index is 11.8. The Morgan fingerprint density at radius 3 is 2.59 bits per heavy atom. The highest BCUT2D eigenvalue weighted by atomic mass is 35.5. The van der Waals surface area contributed by atoms with Crippen LogP contribution in [0, 0.1) is 0 Å². The molecule has 0 amide bonds. The van der Waals surface area contributed by atoms with Crippen molar-refractivity contribution < 1.29 is 8.42 Å². The highest BCUT2D eigenvalue weighted by molar-refractivity contribution is 7.89. The van der Waals surface area contributed by atoms with Crippen LogP contribution in [0.5, 0.6) is 0 Å². The van der Waals surface area contributed by atoms with Crippen LogP contribution in [-0.2, 0) is 10.0 Å². The molecule has 0 aliphatic rings. The van der Waals surface area contributed by atoms with Crippen LogP contribution in [0.2, 0.25) is 5.02 Å². The van der Waals surface area contributed by atoms with E-state index in [1.165, 1.54) is 12.3 Å². The second-order valence-electron chi connectivity index (χ2n) is 3.81. The highest BCUT2D eigenvalue weighted by Gasteiger charge is 2.17. The summed E-state index contributed by atoms with van der Waals surface area (Å²) in [7, 11) is -3.54. The Morgan fingerprint density at radius 1 is 1.47 bits per heavy atom. The minimum atomic E-state index is -3.54. The Kier molecular flexibility index (Phi) is 4.73. The summed E-state index contributed by atoms with van der Waals surface area (Å²) in [6.45, 7) is 6.07. The number of nitrogens with zero attached hydrogens (tertiary/aromatic N) is 1. The number of rotatable bonds is 5. The van der Waals surface area contributed by atoms with Gasteiger partial charge in [-0.25, -0.2) is 18.1 Å². The van der Waals surface area contributed by atoms with Crippen molar-refractivity contribution in [3.63, 3.8) is 0 Å². The van der Waals surface area contributed by atoms with Crippen molar-refractivity contribution in [3.05, 3.63) is 17.3 Å². The van der Waals surface area contributed by atoms with Gasteiger partial charge in [0.1, 0.15) is 10.7 Å². The Bertz CT molecular complexity index is 488. The Labute approximate surface area is 107 Å². The molecule has 0 fully saturated rings. The standard InChI is InChI=1S/C10H16ClN3O2S/c1-4-12-10-9(11)5-8(6-13-10)17(15,16)14-7(2)3/h5-7,14H,4H2,1-3H3,(H,12,13). The summed E-state index contributed by atoms with van der Waals surface area (Å²) in [5, 5.41) is 3.23. The molecule has 2 N–H and O–H groups in total. The highest BCUT2D eigenvalue weighted by Crippen LogP contribution is 2.22. The van der Waals surface area contributed by atoms with E-state index in [0.29, 0.717) is 17.4 Å². The maximum absolute atomic E-state index is 11.8. The molecular weight excluding hydrogens is 262 g/mol. The molecule has 0 spiro atoms. The van der Waals surface area contributed by atoms with Crippen molar-refractivity contribution in [1.29, 1.82) is 0 Å². The molecule has 0 atom stereocenters. The Morgan fingerprint density at radius 2 is 2.12 bits per heavy atom. The fraction of sp³-hybridized carbons (Fsp3) is 0.500. The first-order valence-corrected chi connectivity index (χ1v) is 7.14. The normalized spacial score (nSPS) is 11.8. The number of hydrogen-bond donors (Lipinski definition) is 2. The topological polar surface area (TPSA) is 71.1 Å². The fourth-order valence-electron chi connectivity index (χ4n) is 1.24. The SMILES string of the molecule is CCNc1ncc(S(=O)(=O)NC(C)C)cc1Cl. The van der Waals surface area contributed by atoms with Crippen molar-refractivity contribution in [2.75, 3.05) is 11.9 Å². The first-order valence-electron chi connectivity index (χ1n) is 5.28. The fourth-order valence-corrected chi connectivity index (χ4v) is 2.76. The molecular formula is C10H16ClN3O2S. The molecule has 7 heteroatoms. The van der Waals surface area contributed by atoms with E-state index in [-0.39, 0.29) is 10.9 Å². The zero-order valence-corrected chi connectivity index (χ0v) is 11.6. The molecule has 5 nitrogen and oxygen atoms in total. The number of hydrogen-bond acceptors (Lipinski definition) is 4. The summed E-state index contributed by atoms with van der Waals surface area (Å²) < 4.78 is 26.1. The average molecular weight is 278 g/mol. The lowest BCUT2D eigenvalue weighted by Crippen LogP contribution is -2.30. The number of pyridine rings is 1. The third kappa shape index (κ3) is 3.83. The van der Waals surface area contributed by atoms with Gasteiger partial charge in [0.25, 0.3) is 0 Å². The predicted molar refractivity (Wildman–Crippen MR) is 68.9 cm³/mol. The van der Waals surface area contributed by atoms with E-state index in [0.717, 1.165) is 0 Å². The summed E-state index contributed by atoms with van der Waals surface area (Å²) in [5.74, 6) is 0.484. The lowest BCUT2D eigenvalue weighted by molar-refractivity contribution is 0.569. The second kappa shape index (κ2) is 5.66. The zero-order valence-electron chi connectivity index (χ0n) is 9.99. The number of sulfonamides is 1. The van der Waals surface area contributed by atoms with Crippen LogP contribution in [-0.4, -0.2) is 26.0 Å². The monoisotopic (exact) mass is 277 g/mol. The molecule has 0 bridgehead atoms. The van der Waals surface area contributed by atoms with Gasteiger partial charge >= 0.3 is 0 Å². The van der Waals surface area contributed by atoms with E-state index < -0.39 is 10.0 Å². The second-order valence-corrected chi connectivity index (χ2v) is 5.93. The van der Waals surface area contributed by atoms with Crippen LogP contribution in [0.4, 0.5) is 5.82 Å². The number of aromatic nitrogens is 1.